The third-order valence-corrected chi connectivity index (χ3v) is 3.99. The summed E-state index contributed by atoms with van der Waals surface area (Å²) in [7, 11) is 9.37. The van der Waals surface area contributed by atoms with E-state index in [4.69, 9.17) is 5.41 Å². The second kappa shape index (κ2) is 8.29. The highest BCUT2D eigenvalue weighted by Gasteiger charge is 2.15. The number of nitrogens with zero attached hydrogens (tertiary/aromatic N) is 3. The number of hydrogen-bond acceptors (Lipinski definition) is 4. The van der Waals surface area contributed by atoms with E-state index in [0.29, 0.717) is 11.3 Å². The van der Waals surface area contributed by atoms with Crippen molar-refractivity contribution in [3.8, 4) is 0 Å². The summed E-state index contributed by atoms with van der Waals surface area (Å²) >= 11 is 0. The Morgan fingerprint density at radius 3 is 1.65 bits per heavy atom. The molecule has 2 aromatic rings. The summed E-state index contributed by atoms with van der Waals surface area (Å²) in [4.78, 5) is 19.9. The molecule has 0 fully saturated rings. The zero-order valence-corrected chi connectivity index (χ0v) is 15.9. The van der Waals surface area contributed by atoms with Crippen LogP contribution in [0, 0.1) is 5.41 Å². The lowest BCUT2D eigenvalue weighted by atomic mass is 9.99. The SMILES string of the molecule is CNC(=O)N=C(C(=N)c1ccc(N(C)C)cc1)c1ccc(N(C)C)cc1. The number of amides is 2. The van der Waals surface area contributed by atoms with E-state index in [9.17, 15) is 4.79 Å². The molecule has 6 heteroatoms. The molecule has 0 aliphatic rings. The van der Waals surface area contributed by atoms with E-state index in [0.717, 1.165) is 16.9 Å². The minimum Gasteiger partial charge on any atom is -0.378 e. The van der Waals surface area contributed by atoms with Gasteiger partial charge in [0.1, 0.15) is 5.71 Å². The molecule has 0 aliphatic carbocycles. The van der Waals surface area contributed by atoms with Gasteiger partial charge in [-0.2, -0.15) is 4.99 Å². The second-order valence-corrected chi connectivity index (χ2v) is 6.27. The van der Waals surface area contributed by atoms with Gasteiger partial charge in [-0.1, -0.05) is 24.3 Å². The number of benzene rings is 2. The Morgan fingerprint density at radius 2 is 1.27 bits per heavy atom. The van der Waals surface area contributed by atoms with Gasteiger partial charge in [-0.25, -0.2) is 4.79 Å². The maximum atomic E-state index is 11.8. The first kappa shape index (κ1) is 19.2. The molecule has 0 saturated carbocycles. The Morgan fingerprint density at radius 1 is 0.846 bits per heavy atom. The predicted molar refractivity (Wildman–Crippen MR) is 109 cm³/mol. The van der Waals surface area contributed by atoms with Crippen molar-refractivity contribution >= 4 is 28.8 Å². The third kappa shape index (κ3) is 4.47. The molecular weight excluding hydrogens is 326 g/mol. The van der Waals surface area contributed by atoms with Crippen molar-refractivity contribution in [2.75, 3.05) is 45.0 Å². The lowest BCUT2D eigenvalue weighted by molar-refractivity contribution is 0.251. The van der Waals surface area contributed by atoms with Gasteiger partial charge < -0.3 is 15.1 Å². The van der Waals surface area contributed by atoms with E-state index in [1.165, 1.54) is 7.05 Å². The van der Waals surface area contributed by atoms with Crippen LogP contribution in [0.5, 0.6) is 0 Å². The maximum Gasteiger partial charge on any atom is 0.341 e. The molecule has 6 nitrogen and oxygen atoms in total. The van der Waals surface area contributed by atoms with Crippen molar-refractivity contribution in [3.63, 3.8) is 0 Å². The van der Waals surface area contributed by atoms with E-state index >= 15 is 0 Å². The van der Waals surface area contributed by atoms with E-state index in [1.54, 1.807) is 0 Å². The molecule has 0 aromatic heterocycles. The van der Waals surface area contributed by atoms with Crippen molar-refractivity contribution < 1.29 is 4.79 Å². The summed E-state index contributed by atoms with van der Waals surface area (Å²) in [5, 5.41) is 11.1. The summed E-state index contributed by atoms with van der Waals surface area (Å²) in [6.45, 7) is 0. The molecule has 0 atom stereocenters. The number of rotatable bonds is 5. The van der Waals surface area contributed by atoms with Gasteiger partial charge in [0.15, 0.2) is 0 Å². The standard InChI is InChI=1S/C20H25N5O/c1-22-20(26)23-19(15-8-12-17(13-9-15)25(4)5)18(21)14-6-10-16(11-7-14)24(2)3/h6-13,21H,1-5H3,(H,22,26). The van der Waals surface area contributed by atoms with Crippen LogP contribution >= 0.6 is 0 Å². The van der Waals surface area contributed by atoms with Crippen molar-refractivity contribution in [3.05, 3.63) is 59.7 Å². The quantitative estimate of drug-likeness (QED) is 0.814. The first-order valence-corrected chi connectivity index (χ1v) is 8.28. The number of urea groups is 1. The van der Waals surface area contributed by atoms with Crippen LogP contribution in [-0.4, -0.2) is 52.7 Å². The van der Waals surface area contributed by atoms with Gasteiger partial charge in [0, 0.05) is 57.7 Å². The topological polar surface area (TPSA) is 71.8 Å². The van der Waals surface area contributed by atoms with Gasteiger partial charge in [0.05, 0.1) is 5.71 Å². The van der Waals surface area contributed by atoms with Crippen LogP contribution in [0.3, 0.4) is 0 Å². The highest BCUT2D eigenvalue weighted by atomic mass is 16.2. The Labute approximate surface area is 154 Å². The van der Waals surface area contributed by atoms with Crippen molar-refractivity contribution in [1.82, 2.24) is 5.32 Å². The first-order valence-electron chi connectivity index (χ1n) is 8.28. The molecular formula is C20H25N5O. The molecule has 0 aliphatic heterocycles. The lowest BCUT2D eigenvalue weighted by Gasteiger charge is -2.15. The minimum absolute atomic E-state index is 0.205. The average Bonchev–Trinajstić information content (AvgIpc) is 2.65. The fourth-order valence-corrected chi connectivity index (χ4v) is 2.40. The summed E-state index contributed by atoms with van der Waals surface area (Å²) in [5.74, 6) is 0. The van der Waals surface area contributed by atoms with Crippen molar-refractivity contribution in [2.45, 2.75) is 0 Å². The van der Waals surface area contributed by atoms with E-state index in [2.05, 4.69) is 10.3 Å². The van der Waals surface area contributed by atoms with Crippen LogP contribution in [0.25, 0.3) is 0 Å². The Hall–Kier alpha value is -3.15. The lowest BCUT2D eigenvalue weighted by Crippen LogP contribution is -2.22. The summed E-state index contributed by atoms with van der Waals surface area (Å²) in [5.41, 5.74) is 4.05. The average molecular weight is 351 g/mol. The van der Waals surface area contributed by atoms with Gasteiger partial charge in [-0.3, -0.25) is 5.41 Å². The van der Waals surface area contributed by atoms with Gasteiger partial charge in [-0.15, -0.1) is 0 Å². The molecule has 2 rings (SSSR count). The first-order chi connectivity index (χ1) is 12.3. The van der Waals surface area contributed by atoms with E-state index < -0.39 is 6.03 Å². The van der Waals surface area contributed by atoms with Crippen LogP contribution in [-0.2, 0) is 0 Å². The number of anilines is 2. The minimum atomic E-state index is -0.480. The predicted octanol–water partition coefficient (Wildman–Crippen LogP) is 3.02. The van der Waals surface area contributed by atoms with Gasteiger partial charge in [-0.05, 0) is 24.3 Å². The zero-order chi connectivity index (χ0) is 19.3. The van der Waals surface area contributed by atoms with E-state index in [-0.39, 0.29) is 5.71 Å². The maximum absolute atomic E-state index is 11.8. The molecule has 2 amide bonds. The molecule has 0 spiro atoms. The number of carbonyl (C=O) groups is 1. The van der Waals surface area contributed by atoms with Gasteiger partial charge >= 0.3 is 6.03 Å². The monoisotopic (exact) mass is 351 g/mol. The van der Waals surface area contributed by atoms with Gasteiger partial charge in [0.25, 0.3) is 0 Å². The molecule has 136 valence electrons. The molecule has 26 heavy (non-hydrogen) atoms. The van der Waals surface area contributed by atoms with Gasteiger partial charge in [0.2, 0.25) is 0 Å². The molecule has 0 saturated heterocycles. The fourth-order valence-electron chi connectivity index (χ4n) is 2.40. The Balaban J connectivity index is 2.42. The summed E-state index contributed by atoms with van der Waals surface area (Å²) in [6, 6.07) is 14.8. The van der Waals surface area contributed by atoms with Crippen LogP contribution in [0.1, 0.15) is 11.1 Å². The zero-order valence-electron chi connectivity index (χ0n) is 15.9. The summed E-state index contributed by atoms with van der Waals surface area (Å²) in [6.07, 6.45) is 0. The molecule has 0 unspecified atom stereocenters. The molecule has 0 heterocycles. The van der Waals surface area contributed by atoms with Crippen LogP contribution in [0.2, 0.25) is 0 Å². The summed E-state index contributed by atoms with van der Waals surface area (Å²) < 4.78 is 0. The normalized spacial score (nSPS) is 11.0. The molecule has 2 N–H and O–H groups in total. The van der Waals surface area contributed by atoms with E-state index in [1.807, 2.05) is 86.5 Å². The van der Waals surface area contributed by atoms with Crippen LogP contribution < -0.4 is 15.1 Å². The van der Waals surface area contributed by atoms with Crippen molar-refractivity contribution in [2.24, 2.45) is 4.99 Å². The molecule has 0 bridgehead atoms. The molecule has 2 aromatic carbocycles. The molecule has 0 radical (unpaired) electrons. The highest BCUT2D eigenvalue weighted by molar-refractivity contribution is 6.53. The second-order valence-electron chi connectivity index (χ2n) is 6.27. The number of nitrogens with one attached hydrogen (secondary N) is 2. The van der Waals surface area contributed by atoms with Crippen molar-refractivity contribution in [1.29, 1.82) is 5.41 Å². The smallest absolute Gasteiger partial charge is 0.341 e. The third-order valence-electron chi connectivity index (χ3n) is 3.99. The van der Waals surface area contributed by atoms with Crippen LogP contribution in [0.4, 0.5) is 16.2 Å². The highest BCUT2D eigenvalue weighted by Crippen LogP contribution is 2.17. The fraction of sp³-hybridized carbons (Fsp3) is 0.250. The Bertz CT molecular complexity index is 805. The van der Waals surface area contributed by atoms with Crippen LogP contribution in [0.15, 0.2) is 53.5 Å². The number of hydrogen-bond donors (Lipinski definition) is 2. The largest absolute Gasteiger partial charge is 0.378 e. The number of carbonyl (C=O) groups excluding carboxylic acids is 1. The number of aliphatic imine (C=N–C) groups is 1. The Kier molecular flexibility index (Phi) is 6.11.